The Morgan fingerprint density at radius 3 is 3.00 bits per heavy atom. The zero-order valence-corrected chi connectivity index (χ0v) is 11.5. The number of rotatable bonds is 1. The predicted octanol–water partition coefficient (Wildman–Crippen LogP) is 3.82. The van der Waals surface area contributed by atoms with Crippen LogP contribution < -0.4 is 5.32 Å². The van der Waals surface area contributed by atoms with Crippen LogP contribution in [0.25, 0.3) is 11.0 Å². The molecule has 0 bridgehead atoms. The summed E-state index contributed by atoms with van der Waals surface area (Å²) in [4.78, 5) is 8.30. The molecule has 20 heavy (non-hydrogen) atoms. The second kappa shape index (κ2) is 4.37. The van der Waals surface area contributed by atoms with E-state index in [1.54, 1.807) is 0 Å². The van der Waals surface area contributed by atoms with Crippen LogP contribution in [0.1, 0.15) is 29.3 Å². The number of H-pyrrole nitrogens is 1. The van der Waals surface area contributed by atoms with Gasteiger partial charge in [0.2, 0.25) is 0 Å². The number of hydrogen-bond acceptors (Lipinski definition) is 2. The zero-order valence-electron chi connectivity index (χ0n) is 11.5. The fourth-order valence-corrected chi connectivity index (χ4v) is 3.06. The second-order valence-electron chi connectivity index (χ2n) is 5.50. The molecule has 0 saturated carbocycles. The SMILES string of the molecule is Cc1ccc2nc(C3CCNc4ccccc43)[nH]c2c1. The van der Waals surface area contributed by atoms with Gasteiger partial charge in [-0.1, -0.05) is 24.3 Å². The largest absolute Gasteiger partial charge is 0.385 e. The van der Waals surface area contributed by atoms with E-state index in [1.807, 2.05) is 0 Å². The number of nitrogens with one attached hydrogen (secondary N) is 2. The molecule has 0 spiro atoms. The molecule has 4 rings (SSSR count). The van der Waals surface area contributed by atoms with Crippen LogP contribution in [0, 0.1) is 6.92 Å². The van der Waals surface area contributed by atoms with Crippen LogP contribution in [0.2, 0.25) is 0 Å². The van der Waals surface area contributed by atoms with Gasteiger partial charge in [-0.2, -0.15) is 0 Å². The Bertz CT molecular complexity index is 773. The first-order valence-electron chi connectivity index (χ1n) is 7.10. The number of benzene rings is 2. The molecule has 3 nitrogen and oxygen atoms in total. The first-order chi connectivity index (χ1) is 9.81. The van der Waals surface area contributed by atoms with E-state index in [-0.39, 0.29) is 0 Å². The maximum atomic E-state index is 4.79. The molecule has 0 radical (unpaired) electrons. The summed E-state index contributed by atoms with van der Waals surface area (Å²) in [5.41, 5.74) is 6.03. The third kappa shape index (κ3) is 1.78. The molecule has 100 valence electrons. The van der Waals surface area contributed by atoms with E-state index >= 15 is 0 Å². The number of aromatic nitrogens is 2. The summed E-state index contributed by atoms with van der Waals surface area (Å²) in [7, 11) is 0. The van der Waals surface area contributed by atoms with Gasteiger partial charge in [0, 0.05) is 18.2 Å². The maximum absolute atomic E-state index is 4.79. The van der Waals surface area contributed by atoms with E-state index in [0.29, 0.717) is 5.92 Å². The quantitative estimate of drug-likeness (QED) is 0.700. The van der Waals surface area contributed by atoms with Crippen LogP contribution in [-0.2, 0) is 0 Å². The van der Waals surface area contributed by atoms with E-state index in [0.717, 1.165) is 29.8 Å². The van der Waals surface area contributed by atoms with E-state index < -0.39 is 0 Å². The molecule has 0 aliphatic carbocycles. The molecular formula is C17H17N3. The van der Waals surface area contributed by atoms with Gasteiger partial charge in [-0.3, -0.25) is 0 Å². The molecule has 0 amide bonds. The Morgan fingerprint density at radius 2 is 2.05 bits per heavy atom. The summed E-state index contributed by atoms with van der Waals surface area (Å²) in [5.74, 6) is 1.44. The number of para-hydroxylation sites is 1. The minimum absolute atomic E-state index is 0.361. The van der Waals surface area contributed by atoms with Crippen LogP contribution in [-0.4, -0.2) is 16.5 Å². The van der Waals surface area contributed by atoms with Crippen molar-refractivity contribution in [1.29, 1.82) is 0 Å². The van der Waals surface area contributed by atoms with Crippen molar-refractivity contribution in [2.75, 3.05) is 11.9 Å². The number of hydrogen-bond donors (Lipinski definition) is 2. The Kier molecular flexibility index (Phi) is 2.52. The van der Waals surface area contributed by atoms with Crippen molar-refractivity contribution in [1.82, 2.24) is 9.97 Å². The number of imidazole rings is 1. The lowest BCUT2D eigenvalue weighted by Crippen LogP contribution is -2.18. The van der Waals surface area contributed by atoms with Crippen molar-refractivity contribution in [2.45, 2.75) is 19.3 Å². The van der Waals surface area contributed by atoms with E-state index in [2.05, 4.69) is 59.7 Å². The Hall–Kier alpha value is -2.29. The van der Waals surface area contributed by atoms with Crippen LogP contribution in [0.3, 0.4) is 0 Å². The second-order valence-corrected chi connectivity index (χ2v) is 5.50. The minimum atomic E-state index is 0.361. The molecule has 1 unspecified atom stereocenters. The van der Waals surface area contributed by atoms with Gasteiger partial charge in [0.15, 0.2) is 0 Å². The molecule has 0 saturated heterocycles. The van der Waals surface area contributed by atoms with Gasteiger partial charge < -0.3 is 10.3 Å². The van der Waals surface area contributed by atoms with Crippen molar-refractivity contribution < 1.29 is 0 Å². The van der Waals surface area contributed by atoms with Crippen LogP contribution in [0.5, 0.6) is 0 Å². The molecule has 1 aliphatic rings. The lowest BCUT2D eigenvalue weighted by Gasteiger charge is -2.25. The van der Waals surface area contributed by atoms with Crippen molar-refractivity contribution in [2.24, 2.45) is 0 Å². The summed E-state index contributed by atoms with van der Waals surface area (Å²) in [6, 6.07) is 14.9. The Labute approximate surface area is 118 Å². The number of anilines is 1. The van der Waals surface area contributed by atoms with Gasteiger partial charge in [0.1, 0.15) is 5.82 Å². The monoisotopic (exact) mass is 263 g/mol. The smallest absolute Gasteiger partial charge is 0.114 e. The molecule has 3 aromatic rings. The van der Waals surface area contributed by atoms with E-state index in [9.17, 15) is 0 Å². The summed E-state index contributed by atoms with van der Waals surface area (Å²) in [6.45, 7) is 3.11. The summed E-state index contributed by atoms with van der Waals surface area (Å²) in [5, 5.41) is 3.46. The van der Waals surface area contributed by atoms with Crippen molar-refractivity contribution in [3.8, 4) is 0 Å². The van der Waals surface area contributed by atoms with Crippen molar-refractivity contribution in [3.63, 3.8) is 0 Å². The van der Waals surface area contributed by atoms with Crippen LogP contribution in [0.15, 0.2) is 42.5 Å². The van der Waals surface area contributed by atoms with Gasteiger partial charge in [-0.05, 0) is 42.7 Å². The molecule has 1 aliphatic heterocycles. The normalized spacial score (nSPS) is 17.8. The number of nitrogens with zero attached hydrogens (tertiary/aromatic N) is 1. The molecular weight excluding hydrogens is 246 g/mol. The first kappa shape index (κ1) is 11.5. The highest BCUT2D eigenvalue weighted by atomic mass is 14.9. The molecule has 3 heteroatoms. The van der Waals surface area contributed by atoms with Gasteiger partial charge in [-0.25, -0.2) is 4.98 Å². The average Bonchev–Trinajstić information content (AvgIpc) is 2.89. The molecule has 0 fully saturated rings. The van der Waals surface area contributed by atoms with Crippen molar-refractivity contribution >= 4 is 16.7 Å². The topological polar surface area (TPSA) is 40.7 Å². The van der Waals surface area contributed by atoms with Crippen LogP contribution >= 0.6 is 0 Å². The molecule has 1 aromatic heterocycles. The molecule has 1 atom stereocenters. The Balaban J connectivity index is 1.84. The molecule has 2 aromatic carbocycles. The van der Waals surface area contributed by atoms with E-state index in [4.69, 9.17) is 4.98 Å². The average molecular weight is 263 g/mol. The third-order valence-corrected chi connectivity index (χ3v) is 4.07. The highest BCUT2D eigenvalue weighted by Crippen LogP contribution is 2.35. The third-order valence-electron chi connectivity index (χ3n) is 4.07. The lowest BCUT2D eigenvalue weighted by molar-refractivity contribution is 0.686. The predicted molar refractivity (Wildman–Crippen MR) is 82.2 cm³/mol. The van der Waals surface area contributed by atoms with Gasteiger partial charge >= 0.3 is 0 Å². The number of aromatic amines is 1. The minimum Gasteiger partial charge on any atom is -0.385 e. The van der Waals surface area contributed by atoms with Crippen molar-refractivity contribution in [3.05, 3.63) is 59.4 Å². The fourth-order valence-electron chi connectivity index (χ4n) is 3.06. The van der Waals surface area contributed by atoms with E-state index in [1.165, 1.54) is 16.8 Å². The number of fused-ring (bicyclic) bond motifs is 2. The summed E-state index contributed by atoms with van der Waals surface area (Å²) in [6.07, 6.45) is 1.08. The maximum Gasteiger partial charge on any atom is 0.114 e. The lowest BCUT2D eigenvalue weighted by atomic mass is 9.90. The van der Waals surface area contributed by atoms with Gasteiger partial charge in [0.05, 0.1) is 11.0 Å². The molecule has 2 N–H and O–H groups in total. The Morgan fingerprint density at radius 1 is 1.15 bits per heavy atom. The fraction of sp³-hybridized carbons (Fsp3) is 0.235. The zero-order chi connectivity index (χ0) is 13.5. The molecule has 2 heterocycles. The highest BCUT2D eigenvalue weighted by Gasteiger charge is 2.23. The standard InChI is InChI=1S/C17H17N3/c1-11-6-7-15-16(10-11)20-17(19-15)13-8-9-18-14-5-3-2-4-12(13)14/h2-7,10,13,18H,8-9H2,1H3,(H,19,20). The summed E-state index contributed by atoms with van der Waals surface area (Å²) < 4.78 is 0. The summed E-state index contributed by atoms with van der Waals surface area (Å²) >= 11 is 0. The van der Waals surface area contributed by atoms with Crippen LogP contribution in [0.4, 0.5) is 5.69 Å². The number of aryl methyl sites for hydroxylation is 1. The van der Waals surface area contributed by atoms with Gasteiger partial charge in [-0.15, -0.1) is 0 Å². The van der Waals surface area contributed by atoms with Gasteiger partial charge in [0.25, 0.3) is 0 Å². The first-order valence-corrected chi connectivity index (χ1v) is 7.10. The highest BCUT2D eigenvalue weighted by molar-refractivity contribution is 5.76.